The minimum atomic E-state index is -1.91. The summed E-state index contributed by atoms with van der Waals surface area (Å²) in [7, 11) is -1.91. The van der Waals surface area contributed by atoms with E-state index < -0.39 is 8.07 Å². The summed E-state index contributed by atoms with van der Waals surface area (Å²) < 4.78 is 5.25. The van der Waals surface area contributed by atoms with Gasteiger partial charge in [-0.1, -0.05) is 67.7 Å². The third-order valence-corrected chi connectivity index (χ3v) is 7.20. The third-order valence-electron chi connectivity index (χ3n) is 3.40. The molecule has 0 spiro atoms. The van der Waals surface area contributed by atoms with Gasteiger partial charge in [0.2, 0.25) is 0 Å². The second-order valence-corrected chi connectivity index (χ2v) is 9.80. The summed E-state index contributed by atoms with van der Waals surface area (Å²) >= 11 is 0. The van der Waals surface area contributed by atoms with Gasteiger partial charge in [0, 0.05) is 0 Å². The van der Waals surface area contributed by atoms with Gasteiger partial charge in [-0.25, -0.2) is 0 Å². The highest BCUT2D eigenvalue weighted by Crippen LogP contribution is 2.25. The summed E-state index contributed by atoms with van der Waals surface area (Å²) in [5.74, 6) is -0.0901. The average molecular weight is 276 g/mol. The number of hydrogen-bond donors (Lipinski definition) is 0. The number of ether oxygens (including phenoxy) is 1. The Morgan fingerprint density at radius 3 is 2.42 bits per heavy atom. The molecular formula is C16H24O2Si. The summed E-state index contributed by atoms with van der Waals surface area (Å²) in [6.45, 7) is 8.83. The number of benzene rings is 1. The van der Waals surface area contributed by atoms with E-state index in [1.807, 2.05) is 31.2 Å². The molecule has 19 heavy (non-hydrogen) atoms. The van der Waals surface area contributed by atoms with Crippen LogP contribution in [0.4, 0.5) is 0 Å². The van der Waals surface area contributed by atoms with Crippen LogP contribution in [0, 0.1) is 0 Å². The second-order valence-electron chi connectivity index (χ2n) is 5.15. The molecule has 1 atom stereocenters. The maximum absolute atomic E-state index is 12.2. The second kappa shape index (κ2) is 7.29. The molecule has 0 N–H and O–H groups in total. The Morgan fingerprint density at radius 2 is 1.89 bits per heavy atom. The van der Waals surface area contributed by atoms with Crippen LogP contribution >= 0.6 is 0 Å². The quantitative estimate of drug-likeness (QED) is 0.451. The summed E-state index contributed by atoms with van der Waals surface area (Å²) in [5.41, 5.74) is -0.116. The van der Waals surface area contributed by atoms with E-state index in [1.54, 1.807) is 0 Å². The number of esters is 1. The monoisotopic (exact) mass is 276 g/mol. The SMILES string of the molecule is CC/C=C\C(C(=O)OCC)[Si](C)(C)c1ccccc1. The highest BCUT2D eigenvalue weighted by Gasteiger charge is 2.37. The Labute approximate surface area is 117 Å². The zero-order valence-electron chi connectivity index (χ0n) is 12.3. The van der Waals surface area contributed by atoms with Crippen LogP contribution < -0.4 is 5.19 Å². The highest BCUT2D eigenvalue weighted by atomic mass is 28.3. The Kier molecular flexibility index (Phi) is 6.02. The molecule has 0 aliphatic rings. The summed E-state index contributed by atoms with van der Waals surface area (Å²) in [6.07, 6.45) is 5.05. The van der Waals surface area contributed by atoms with Crippen LogP contribution in [0.1, 0.15) is 20.3 Å². The average Bonchev–Trinajstić information content (AvgIpc) is 2.40. The lowest BCUT2D eigenvalue weighted by Crippen LogP contribution is -2.48. The number of rotatable bonds is 6. The lowest BCUT2D eigenvalue weighted by atomic mass is 10.3. The van der Waals surface area contributed by atoms with Crippen LogP contribution in [0.2, 0.25) is 18.6 Å². The molecule has 2 nitrogen and oxygen atoms in total. The largest absolute Gasteiger partial charge is 0.466 e. The van der Waals surface area contributed by atoms with Crippen molar-refractivity contribution in [3.8, 4) is 0 Å². The van der Waals surface area contributed by atoms with Gasteiger partial charge in [-0.2, -0.15) is 0 Å². The van der Waals surface area contributed by atoms with Crippen molar-refractivity contribution >= 4 is 19.2 Å². The minimum Gasteiger partial charge on any atom is -0.466 e. The van der Waals surface area contributed by atoms with E-state index >= 15 is 0 Å². The number of carbonyl (C=O) groups excluding carboxylic acids is 1. The van der Waals surface area contributed by atoms with Crippen LogP contribution in [0.3, 0.4) is 0 Å². The molecule has 0 aliphatic carbocycles. The van der Waals surface area contributed by atoms with E-state index in [1.165, 1.54) is 5.19 Å². The van der Waals surface area contributed by atoms with Gasteiger partial charge in [0.1, 0.15) is 8.07 Å². The molecule has 0 radical (unpaired) electrons. The number of carbonyl (C=O) groups is 1. The molecule has 104 valence electrons. The fraction of sp³-hybridized carbons (Fsp3) is 0.438. The lowest BCUT2D eigenvalue weighted by Gasteiger charge is -2.29. The van der Waals surface area contributed by atoms with E-state index in [9.17, 15) is 4.79 Å². The highest BCUT2D eigenvalue weighted by molar-refractivity contribution is 6.93. The Bertz CT molecular complexity index is 424. The van der Waals surface area contributed by atoms with Crippen molar-refractivity contribution in [3.05, 3.63) is 42.5 Å². The van der Waals surface area contributed by atoms with Gasteiger partial charge < -0.3 is 4.74 Å². The topological polar surface area (TPSA) is 26.3 Å². The molecule has 1 aromatic carbocycles. The van der Waals surface area contributed by atoms with Crippen LogP contribution in [0.15, 0.2) is 42.5 Å². The van der Waals surface area contributed by atoms with Crippen molar-refractivity contribution in [2.24, 2.45) is 0 Å². The predicted octanol–water partition coefficient (Wildman–Crippen LogP) is 3.50. The van der Waals surface area contributed by atoms with E-state index in [0.717, 1.165) is 6.42 Å². The zero-order chi connectivity index (χ0) is 14.3. The first-order valence-electron chi connectivity index (χ1n) is 6.92. The van der Waals surface area contributed by atoms with E-state index in [4.69, 9.17) is 4.74 Å². The Morgan fingerprint density at radius 1 is 1.26 bits per heavy atom. The third kappa shape index (κ3) is 4.06. The number of hydrogen-bond acceptors (Lipinski definition) is 2. The van der Waals surface area contributed by atoms with Crippen LogP contribution in [-0.2, 0) is 9.53 Å². The zero-order valence-corrected chi connectivity index (χ0v) is 13.3. The van der Waals surface area contributed by atoms with E-state index in [-0.39, 0.29) is 11.5 Å². The number of allylic oxidation sites excluding steroid dienone is 1. The van der Waals surface area contributed by atoms with Crippen molar-refractivity contribution in [3.63, 3.8) is 0 Å². The van der Waals surface area contributed by atoms with Crippen LogP contribution in [-0.4, -0.2) is 20.7 Å². The molecule has 0 fully saturated rings. The molecule has 0 amide bonds. The lowest BCUT2D eigenvalue weighted by molar-refractivity contribution is -0.142. The fourth-order valence-electron chi connectivity index (χ4n) is 2.17. The van der Waals surface area contributed by atoms with Crippen molar-refractivity contribution in [2.75, 3.05) is 6.61 Å². The molecule has 0 aromatic heterocycles. The van der Waals surface area contributed by atoms with Crippen molar-refractivity contribution in [1.29, 1.82) is 0 Å². The van der Waals surface area contributed by atoms with Crippen molar-refractivity contribution in [1.82, 2.24) is 0 Å². The van der Waals surface area contributed by atoms with Gasteiger partial charge in [-0.3, -0.25) is 4.79 Å². The molecule has 0 saturated heterocycles. The smallest absolute Gasteiger partial charge is 0.310 e. The normalized spacial score (nSPS) is 13.5. The Balaban J connectivity index is 3.08. The first-order chi connectivity index (χ1) is 9.04. The maximum atomic E-state index is 12.2. The molecule has 0 aliphatic heterocycles. The predicted molar refractivity (Wildman–Crippen MR) is 83.4 cm³/mol. The van der Waals surface area contributed by atoms with Gasteiger partial charge >= 0.3 is 5.97 Å². The minimum absolute atomic E-state index is 0.0901. The Hall–Kier alpha value is -1.35. The maximum Gasteiger partial charge on any atom is 0.310 e. The molecule has 0 heterocycles. The summed E-state index contributed by atoms with van der Waals surface area (Å²) in [6, 6.07) is 10.3. The van der Waals surface area contributed by atoms with Crippen molar-refractivity contribution in [2.45, 2.75) is 38.9 Å². The first-order valence-corrected chi connectivity index (χ1v) is 10.0. The molecular weight excluding hydrogens is 252 g/mol. The van der Waals surface area contributed by atoms with Gasteiger partial charge in [-0.05, 0) is 13.3 Å². The van der Waals surface area contributed by atoms with Gasteiger partial charge in [0.15, 0.2) is 0 Å². The van der Waals surface area contributed by atoms with Crippen LogP contribution in [0.25, 0.3) is 0 Å². The molecule has 0 saturated carbocycles. The van der Waals surface area contributed by atoms with Crippen LogP contribution in [0.5, 0.6) is 0 Å². The van der Waals surface area contributed by atoms with Crippen molar-refractivity contribution < 1.29 is 9.53 Å². The molecule has 1 aromatic rings. The molecule has 1 rings (SSSR count). The van der Waals surface area contributed by atoms with Gasteiger partial charge in [0.25, 0.3) is 0 Å². The van der Waals surface area contributed by atoms with E-state index in [0.29, 0.717) is 6.61 Å². The standard InChI is InChI=1S/C16H24O2Si/c1-5-7-13-15(16(17)18-6-2)19(3,4)14-11-9-8-10-12-14/h7-13,15H,5-6H2,1-4H3/b13-7-. The molecule has 0 bridgehead atoms. The molecule has 1 unspecified atom stereocenters. The molecule has 3 heteroatoms. The first kappa shape index (κ1) is 15.7. The summed E-state index contributed by atoms with van der Waals surface area (Å²) in [4.78, 5) is 12.2. The van der Waals surface area contributed by atoms with E-state index in [2.05, 4.69) is 38.2 Å². The van der Waals surface area contributed by atoms with Gasteiger partial charge in [0.05, 0.1) is 12.1 Å². The fourth-order valence-corrected chi connectivity index (χ4v) is 4.87. The summed E-state index contributed by atoms with van der Waals surface area (Å²) in [5, 5.41) is 1.29. The van der Waals surface area contributed by atoms with Gasteiger partial charge in [-0.15, -0.1) is 0 Å².